The van der Waals surface area contributed by atoms with E-state index in [1.54, 1.807) is 22.3 Å². The van der Waals surface area contributed by atoms with E-state index >= 15 is 0 Å². The lowest BCUT2D eigenvalue weighted by atomic mass is 9.96. The summed E-state index contributed by atoms with van der Waals surface area (Å²) in [6, 6.07) is 0. The molecule has 3 aromatic rings. The molecule has 4 rings (SSSR count). The number of piperidine rings is 1. The molecule has 3 aromatic heterocycles. The molecule has 1 aliphatic heterocycles. The first-order valence-electron chi connectivity index (χ1n) is 8.78. The van der Waals surface area contributed by atoms with Crippen LogP contribution in [0.4, 0.5) is 0 Å². The number of imidazole rings is 1. The van der Waals surface area contributed by atoms with Crippen LogP contribution in [0.3, 0.4) is 0 Å². The van der Waals surface area contributed by atoms with Gasteiger partial charge in [-0.1, -0.05) is 0 Å². The molecule has 0 radical (unpaired) electrons. The highest BCUT2D eigenvalue weighted by molar-refractivity contribution is 7.07. The van der Waals surface area contributed by atoms with Crippen LogP contribution in [-0.4, -0.2) is 53.2 Å². The molecule has 0 saturated carbocycles. The van der Waals surface area contributed by atoms with Gasteiger partial charge in [-0.25, -0.2) is 15.0 Å². The molecule has 8 nitrogen and oxygen atoms in total. The summed E-state index contributed by atoms with van der Waals surface area (Å²) < 4.78 is 3.85. The highest BCUT2D eigenvalue weighted by Gasteiger charge is 2.27. The molecule has 0 bridgehead atoms. The van der Waals surface area contributed by atoms with Gasteiger partial charge in [-0.2, -0.15) is 5.10 Å². The monoisotopic (exact) mass is 371 g/mol. The van der Waals surface area contributed by atoms with Gasteiger partial charge in [0.05, 0.1) is 24.3 Å². The largest absolute Gasteiger partial charge is 0.342 e. The fourth-order valence-electron chi connectivity index (χ4n) is 3.44. The minimum absolute atomic E-state index is 0.169. The molecule has 0 N–H and O–H groups in total. The molecule has 0 aliphatic carbocycles. The summed E-state index contributed by atoms with van der Waals surface area (Å²) in [7, 11) is 0. The van der Waals surface area contributed by atoms with E-state index in [-0.39, 0.29) is 11.8 Å². The maximum absolute atomic E-state index is 12.6. The van der Waals surface area contributed by atoms with Crippen molar-refractivity contribution >= 4 is 17.2 Å². The van der Waals surface area contributed by atoms with E-state index in [2.05, 4.69) is 30.0 Å². The Labute approximate surface area is 155 Å². The summed E-state index contributed by atoms with van der Waals surface area (Å²) in [6.45, 7) is 2.85. The lowest BCUT2D eigenvalue weighted by Crippen LogP contribution is -2.40. The van der Waals surface area contributed by atoms with Crippen LogP contribution in [-0.2, 0) is 17.9 Å². The second kappa shape index (κ2) is 7.77. The number of aromatic nitrogens is 6. The third kappa shape index (κ3) is 3.82. The average Bonchev–Trinajstić information content (AvgIpc) is 3.43. The molecule has 9 heteroatoms. The van der Waals surface area contributed by atoms with Crippen molar-refractivity contribution in [2.45, 2.75) is 38.3 Å². The number of nitrogens with zero attached hydrogens (tertiary/aromatic N) is 7. The third-order valence-corrected chi connectivity index (χ3v) is 5.36. The number of aryl methyl sites for hydroxylation is 1. The fraction of sp³-hybridized carbons (Fsp3) is 0.471. The number of likely N-dealkylation sites (tertiary alicyclic amines) is 1. The Morgan fingerprint density at radius 2 is 2.31 bits per heavy atom. The first-order valence-corrected chi connectivity index (χ1v) is 9.72. The minimum atomic E-state index is 0.169. The van der Waals surface area contributed by atoms with E-state index in [0.29, 0.717) is 13.0 Å². The van der Waals surface area contributed by atoms with Gasteiger partial charge in [0.2, 0.25) is 5.91 Å². The zero-order valence-electron chi connectivity index (χ0n) is 14.4. The standard InChI is InChI=1S/C17H21N7OS/c25-16(3-6-24-12-18-11-21-24)22-5-1-2-14(8-22)17-19-4-7-23(17)9-15-10-26-13-20-15/h4,7,10-14H,1-3,5-6,8-9H2/t14-/m1/s1. The van der Waals surface area contributed by atoms with Crippen LogP contribution in [0.1, 0.15) is 36.7 Å². The van der Waals surface area contributed by atoms with Crippen LogP contribution in [0.25, 0.3) is 0 Å². The van der Waals surface area contributed by atoms with Gasteiger partial charge in [-0.05, 0) is 12.8 Å². The summed E-state index contributed by atoms with van der Waals surface area (Å²) in [6.07, 6.45) is 9.48. The fourth-order valence-corrected chi connectivity index (χ4v) is 3.98. The first kappa shape index (κ1) is 16.9. The van der Waals surface area contributed by atoms with Crippen LogP contribution >= 0.6 is 11.3 Å². The highest BCUT2D eigenvalue weighted by Crippen LogP contribution is 2.26. The molecule has 1 saturated heterocycles. The zero-order valence-corrected chi connectivity index (χ0v) is 15.3. The van der Waals surface area contributed by atoms with Crippen LogP contribution < -0.4 is 0 Å². The van der Waals surface area contributed by atoms with Gasteiger partial charge in [0, 0.05) is 43.2 Å². The predicted octanol–water partition coefficient (Wildman–Crippen LogP) is 1.78. The van der Waals surface area contributed by atoms with Gasteiger partial charge in [-0.15, -0.1) is 11.3 Å². The van der Waals surface area contributed by atoms with Crippen LogP contribution in [0.5, 0.6) is 0 Å². The van der Waals surface area contributed by atoms with Crippen molar-refractivity contribution in [3.8, 4) is 0 Å². The van der Waals surface area contributed by atoms with Crippen molar-refractivity contribution in [2.24, 2.45) is 0 Å². The van der Waals surface area contributed by atoms with Crippen molar-refractivity contribution in [1.82, 2.24) is 34.2 Å². The number of amides is 1. The van der Waals surface area contributed by atoms with Crippen molar-refractivity contribution in [3.63, 3.8) is 0 Å². The van der Waals surface area contributed by atoms with Gasteiger partial charge in [0.15, 0.2) is 0 Å². The number of thiazole rings is 1. The Kier molecular flexibility index (Phi) is 5.05. The molecular weight excluding hydrogens is 350 g/mol. The molecule has 1 amide bonds. The normalized spacial score (nSPS) is 17.5. The van der Waals surface area contributed by atoms with Gasteiger partial charge in [0.25, 0.3) is 0 Å². The van der Waals surface area contributed by atoms with Crippen LogP contribution in [0.15, 0.2) is 35.9 Å². The Balaban J connectivity index is 1.39. The quantitative estimate of drug-likeness (QED) is 0.660. The van der Waals surface area contributed by atoms with Crippen molar-refractivity contribution in [2.75, 3.05) is 13.1 Å². The zero-order chi connectivity index (χ0) is 17.8. The maximum atomic E-state index is 12.6. The Morgan fingerprint density at radius 3 is 3.12 bits per heavy atom. The topological polar surface area (TPSA) is 81.7 Å². The lowest BCUT2D eigenvalue weighted by Gasteiger charge is -2.32. The summed E-state index contributed by atoms with van der Waals surface area (Å²) in [5.41, 5.74) is 2.90. The van der Waals surface area contributed by atoms with Crippen LogP contribution in [0, 0.1) is 0 Å². The number of hydrogen-bond acceptors (Lipinski definition) is 6. The third-order valence-electron chi connectivity index (χ3n) is 4.72. The highest BCUT2D eigenvalue weighted by atomic mass is 32.1. The van der Waals surface area contributed by atoms with E-state index in [1.165, 1.54) is 6.33 Å². The molecule has 0 aromatic carbocycles. The molecule has 0 unspecified atom stereocenters. The molecule has 0 spiro atoms. The number of rotatable bonds is 6. The van der Waals surface area contributed by atoms with Crippen molar-refractivity contribution < 1.29 is 4.79 Å². The average molecular weight is 371 g/mol. The second-order valence-corrected chi connectivity index (χ2v) is 7.20. The van der Waals surface area contributed by atoms with Gasteiger partial charge in [-0.3, -0.25) is 9.48 Å². The number of carbonyl (C=O) groups is 1. The number of carbonyl (C=O) groups excluding carboxylic acids is 1. The van der Waals surface area contributed by atoms with Crippen LogP contribution in [0.2, 0.25) is 0 Å². The first-order chi connectivity index (χ1) is 12.8. The Morgan fingerprint density at radius 1 is 1.35 bits per heavy atom. The molecule has 1 atom stereocenters. The molecule has 4 heterocycles. The maximum Gasteiger partial charge on any atom is 0.224 e. The molecule has 26 heavy (non-hydrogen) atoms. The second-order valence-electron chi connectivity index (χ2n) is 6.48. The molecule has 1 fully saturated rings. The van der Waals surface area contributed by atoms with E-state index < -0.39 is 0 Å². The molecule has 136 valence electrons. The van der Waals surface area contributed by atoms with E-state index in [4.69, 9.17) is 0 Å². The summed E-state index contributed by atoms with van der Waals surface area (Å²) >= 11 is 1.60. The summed E-state index contributed by atoms with van der Waals surface area (Å²) in [5, 5.41) is 6.11. The van der Waals surface area contributed by atoms with Gasteiger partial charge < -0.3 is 9.47 Å². The smallest absolute Gasteiger partial charge is 0.224 e. The molecule has 1 aliphatic rings. The Hall–Kier alpha value is -2.55. The Bertz CT molecular complexity index is 827. The number of hydrogen-bond donors (Lipinski definition) is 0. The van der Waals surface area contributed by atoms with Crippen molar-refractivity contribution in [1.29, 1.82) is 0 Å². The van der Waals surface area contributed by atoms with Gasteiger partial charge in [0.1, 0.15) is 18.5 Å². The predicted molar refractivity (Wildman–Crippen MR) is 96.6 cm³/mol. The van der Waals surface area contributed by atoms with Gasteiger partial charge >= 0.3 is 0 Å². The summed E-state index contributed by atoms with van der Waals surface area (Å²) in [5.74, 6) is 1.49. The minimum Gasteiger partial charge on any atom is -0.342 e. The molecular formula is C17H21N7OS. The lowest BCUT2D eigenvalue weighted by molar-refractivity contribution is -0.132. The summed E-state index contributed by atoms with van der Waals surface area (Å²) in [4.78, 5) is 27.4. The SMILES string of the molecule is O=C(CCn1cncn1)N1CCC[C@@H](c2nccn2Cc2cscn2)C1. The van der Waals surface area contributed by atoms with E-state index in [9.17, 15) is 4.79 Å². The van der Waals surface area contributed by atoms with E-state index in [0.717, 1.165) is 44.0 Å². The van der Waals surface area contributed by atoms with Crippen molar-refractivity contribution in [3.05, 3.63) is 47.5 Å². The van der Waals surface area contributed by atoms with E-state index in [1.807, 2.05) is 22.8 Å².